The number of methoxy groups -OCH3 is 1. The molecule has 1 aliphatic heterocycles. The fourth-order valence-corrected chi connectivity index (χ4v) is 1.82. The molecule has 1 amide bonds. The van der Waals surface area contributed by atoms with Crippen molar-refractivity contribution in [1.82, 2.24) is 10.9 Å². The Kier molecular flexibility index (Phi) is 3.94. The van der Waals surface area contributed by atoms with E-state index in [1.807, 2.05) is 0 Å². The van der Waals surface area contributed by atoms with E-state index in [4.69, 9.17) is 0 Å². The largest absolute Gasteiger partial charge is 0.452 e. The number of halogens is 2. The summed E-state index contributed by atoms with van der Waals surface area (Å²) in [6, 6.07) is 3.49. The Labute approximate surface area is 108 Å². The Hall–Kier alpha value is -2.18. The Morgan fingerprint density at radius 2 is 2.21 bits per heavy atom. The molecular weight excluding hydrogens is 256 g/mol. The molecule has 19 heavy (non-hydrogen) atoms. The third-order valence-electron chi connectivity index (χ3n) is 2.79. The highest BCUT2D eigenvalue weighted by atomic mass is 19.2. The summed E-state index contributed by atoms with van der Waals surface area (Å²) < 4.78 is 30.3. The lowest BCUT2D eigenvalue weighted by Gasteiger charge is -2.07. The van der Waals surface area contributed by atoms with E-state index >= 15 is 0 Å². The molecule has 0 saturated carbocycles. The Morgan fingerprint density at radius 1 is 1.42 bits per heavy atom. The predicted octanol–water partition coefficient (Wildman–Crippen LogP) is 2.06. The lowest BCUT2D eigenvalue weighted by molar-refractivity contribution is 0.168. The first-order valence-electron chi connectivity index (χ1n) is 5.71. The third kappa shape index (κ3) is 3.18. The Bertz CT molecular complexity index is 520. The van der Waals surface area contributed by atoms with Crippen LogP contribution in [0.2, 0.25) is 0 Å². The van der Waals surface area contributed by atoms with Crippen LogP contribution in [0.25, 0.3) is 0 Å². The molecule has 2 N–H and O–H groups in total. The van der Waals surface area contributed by atoms with E-state index in [-0.39, 0.29) is 6.04 Å². The highest BCUT2D eigenvalue weighted by molar-refractivity contribution is 5.85. The van der Waals surface area contributed by atoms with Gasteiger partial charge in [0.2, 0.25) is 0 Å². The summed E-state index contributed by atoms with van der Waals surface area (Å²) in [5, 5.41) is 0. The standard InChI is InChI=1S/C12H13F2N3O2/c1-19-12(18)17-16-11-5-4-10(15-11)7-2-3-8(13)9(14)6-7/h2-3,6,10H,4-5H2,1H3,(H,15,16)(H,17,18). The second-order valence-electron chi connectivity index (χ2n) is 4.05. The maximum atomic E-state index is 13.1. The molecule has 1 atom stereocenters. The van der Waals surface area contributed by atoms with Crippen molar-refractivity contribution in [3.8, 4) is 0 Å². The van der Waals surface area contributed by atoms with Crippen LogP contribution in [0.5, 0.6) is 0 Å². The number of carbonyl (C=O) groups excluding carboxylic acids is 1. The van der Waals surface area contributed by atoms with E-state index < -0.39 is 17.7 Å². The van der Waals surface area contributed by atoms with Gasteiger partial charge in [0, 0.05) is 6.42 Å². The molecule has 0 bridgehead atoms. The molecule has 1 heterocycles. The van der Waals surface area contributed by atoms with Gasteiger partial charge in [-0.2, -0.15) is 0 Å². The monoisotopic (exact) mass is 269 g/mol. The van der Waals surface area contributed by atoms with Crippen molar-refractivity contribution in [2.75, 3.05) is 7.11 Å². The van der Waals surface area contributed by atoms with E-state index in [1.165, 1.54) is 13.2 Å². The summed E-state index contributed by atoms with van der Waals surface area (Å²) >= 11 is 0. The molecular formula is C12H13F2N3O2. The second-order valence-corrected chi connectivity index (χ2v) is 4.05. The zero-order chi connectivity index (χ0) is 13.8. The number of amides is 1. The highest BCUT2D eigenvalue weighted by Gasteiger charge is 2.20. The van der Waals surface area contributed by atoms with Gasteiger partial charge in [-0.15, -0.1) is 0 Å². The number of nitrogens with one attached hydrogen (secondary N) is 2. The zero-order valence-electron chi connectivity index (χ0n) is 10.2. The summed E-state index contributed by atoms with van der Waals surface area (Å²) in [5.41, 5.74) is 5.51. The number of hydrazine groups is 1. The van der Waals surface area contributed by atoms with Crippen molar-refractivity contribution in [3.05, 3.63) is 35.4 Å². The van der Waals surface area contributed by atoms with E-state index in [0.717, 1.165) is 12.1 Å². The first kappa shape index (κ1) is 13.3. The van der Waals surface area contributed by atoms with Gasteiger partial charge in [0.1, 0.15) is 5.84 Å². The molecule has 1 aromatic carbocycles. The van der Waals surface area contributed by atoms with Crippen LogP contribution in [-0.4, -0.2) is 19.0 Å². The van der Waals surface area contributed by atoms with Crippen molar-refractivity contribution < 1.29 is 18.3 Å². The minimum atomic E-state index is -0.887. The van der Waals surface area contributed by atoms with Crippen LogP contribution in [0.15, 0.2) is 23.2 Å². The molecule has 2 rings (SSSR count). The van der Waals surface area contributed by atoms with Crippen LogP contribution in [-0.2, 0) is 4.74 Å². The van der Waals surface area contributed by atoms with Crippen molar-refractivity contribution in [2.45, 2.75) is 18.9 Å². The Balaban J connectivity index is 2.01. The third-order valence-corrected chi connectivity index (χ3v) is 2.79. The summed E-state index contributed by atoms with van der Waals surface area (Å²) in [5.74, 6) is -1.20. The lowest BCUT2D eigenvalue weighted by Crippen LogP contribution is -2.40. The zero-order valence-corrected chi connectivity index (χ0v) is 10.2. The Morgan fingerprint density at radius 3 is 2.89 bits per heavy atom. The first-order chi connectivity index (χ1) is 9.10. The number of carbonyl (C=O) groups is 1. The number of nitrogens with zero attached hydrogens (tertiary/aromatic N) is 1. The second kappa shape index (κ2) is 5.64. The smallest absolute Gasteiger partial charge is 0.425 e. The van der Waals surface area contributed by atoms with Gasteiger partial charge in [-0.25, -0.2) is 19.0 Å². The van der Waals surface area contributed by atoms with Gasteiger partial charge in [-0.05, 0) is 24.1 Å². The van der Waals surface area contributed by atoms with E-state index in [2.05, 4.69) is 20.6 Å². The number of hydrogen-bond donors (Lipinski definition) is 2. The number of amidine groups is 1. The fourth-order valence-electron chi connectivity index (χ4n) is 1.82. The van der Waals surface area contributed by atoms with Crippen LogP contribution in [0.1, 0.15) is 24.4 Å². The molecule has 5 nitrogen and oxygen atoms in total. The summed E-state index contributed by atoms with van der Waals surface area (Å²) in [6.07, 6.45) is 0.642. The van der Waals surface area contributed by atoms with Crippen LogP contribution in [0.4, 0.5) is 13.6 Å². The molecule has 0 radical (unpaired) electrons. The van der Waals surface area contributed by atoms with E-state index in [9.17, 15) is 13.6 Å². The van der Waals surface area contributed by atoms with Gasteiger partial charge < -0.3 is 4.74 Å². The maximum absolute atomic E-state index is 13.1. The first-order valence-corrected chi connectivity index (χ1v) is 5.71. The van der Waals surface area contributed by atoms with Crippen LogP contribution < -0.4 is 10.9 Å². The van der Waals surface area contributed by atoms with Crippen LogP contribution in [0.3, 0.4) is 0 Å². The maximum Gasteiger partial charge on any atom is 0.425 e. The van der Waals surface area contributed by atoms with Gasteiger partial charge >= 0.3 is 6.09 Å². The number of benzene rings is 1. The van der Waals surface area contributed by atoms with Crippen molar-refractivity contribution in [2.24, 2.45) is 4.99 Å². The van der Waals surface area contributed by atoms with Gasteiger partial charge in [-0.1, -0.05) is 6.07 Å². The van der Waals surface area contributed by atoms with Crippen molar-refractivity contribution in [1.29, 1.82) is 0 Å². The van der Waals surface area contributed by atoms with Gasteiger partial charge in [0.05, 0.1) is 13.2 Å². The van der Waals surface area contributed by atoms with E-state index in [0.29, 0.717) is 24.2 Å². The minimum absolute atomic E-state index is 0.239. The summed E-state index contributed by atoms with van der Waals surface area (Å²) in [6.45, 7) is 0. The lowest BCUT2D eigenvalue weighted by atomic mass is 10.0. The molecule has 0 aromatic heterocycles. The average molecular weight is 269 g/mol. The molecule has 0 fully saturated rings. The number of hydrogen-bond acceptors (Lipinski definition) is 4. The molecule has 0 saturated heterocycles. The molecule has 7 heteroatoms. The van der Waals surface area contributed by atoms with Gasteiger partial charge in [0.25, 0.3) is 0 Å². The van der Waals surface area contributed by atoms with E-state index in [1.54, 1.807) is 0 Å². The normalized spacial score (nSPS) is 17.8. The van der Waals surface area contributed by atoms with Crippen LogP contribution >= 0.6 is 0 Å². The van der Waals surface area contributed by atoms with Crippen molar-refractivity contribution >= 4 is 11.9 Å². The average Bonchev–Trinajstić information content (AvgIpc) is 2.88. The SMILES string of the molecule is COC(=O)NNC1=NC(c2ccc(F)c(F)c2)CC1. The van der Waals surface area contributed by atoms with Gasteiger partial charge in [0.15, 0.2) is 11.6 Å². The molecule has 102 valence electrons. The number of ether oxygens (including phenoxy) is 1. The topological polar surface area (TPSA) is 62.7 Å². The van der Waals surface area contributed by atoms with Crippen LogP contribution in [0, 0.1) is 11.6 Å². The summed E-state index contributed by atoms with van der Waals surface area (Å²) in [7, 11) is 1.25. The summed E-state index contributed by atoms with van der Waals surface area (Å²) in [4.78, 5) is 15.1. The number of aliphatic imine (C=N–C) groups is 1. The highest BCUT2D eigenvalue weighted by Crippen LogP contribution is 2.28. The molecule has 1 aromatic rings. The molecule has 0 spiro atoms. The van der Waals surface area contributed by atoms with Gasteiger partial charge in [-0.3, -0.25) is 10.4 Å². The molecule has 1 aliphatic rings. The predicted molar refractivity (Wildman–Crippen MR) is 64.4 cm³/mol. The van der Waals surface area contributed by atoms with Crippen molar-refractivity contribution in [3.63, 3.8) is 0 Å². The number of rotatable bonds is 1. The minimum Gasteiger partial charge on any atom is -0.452 e. The fraction of sp³-hybridized carbons (Fsp3) is 0.333. The molecule has 0 aliphatic carbocycles. The molecule has 1 unspecified atom stereocenters. The quantitative estimate of drug-likeness (QED) is 0.767.